The van der Waals surface area contributed by atoms with Gasteiger partial charge in [-0.05, 0) is 32.0 Å². The van der Waals surface area contributed by atoms with E-state index in [1.165, 1.54) is 0 Å². The molecular weight excluding hydrogens is 386 g/mol. The Bertz CT molecular complexity index is 846. The van der Waals surface area contributed by atoms with Crippen molar-refractivity contribution in [1.29, 1.82) is 0 Å². The normalized spacial score (nSPS) is 17.7. The Hall–Kier alpha value is -1.90. The van der Waals surface area contributed by atoms with Crippen LogP contribution in [0.5, 0.6) is 0 Å². The Morgan fingerprint density at radius 2 is 2.17 bits per heavy atom. The highest BCUT2D eigenvalue weighted by Crippen LogP contribution is 2.27. The number of fused-ring (bicyclic) bond motifs is 1. The smallest absolute Gasteiger partial charge is 0.339 e. The van der Waals surface area contributed by atoms with Gasteiger partial charge in [-0.25, -0.2) is 9.78 Å². The molecule has 7 nitrogen and oxygen atoms in total. The number of esters is 1. The first kappa shape index (κ1) is 21.8. The Kier molecular flexibility index (Phi) is 6.97. The predicted octanol–water partition coefficient (Wildman–Crippen LogP) is 3.75. The number of ether oxygens (including phenoxy) is 3. The monoisotopic (exact) mass is 419 g/mol. The molecule has 0 unspecified atom stereocenters. The lowest BCUT2D eigenvalue weighted by Gasteiger charge is -2.34. The number of hydrogen-bond acceptors (Lipinski definition) is 6. The second kappa shape index (κ2) is 9.28. The van der Waals surface area contributed by atoms with E-state index in [1.54, 1.807) is 0 Å². The van der Waals surface area contributed by atoms with Crippen molar-refractivity contribution in [2.24, 2.45) is 0 Å². The summed E-state index contributed by atoms with van der Waals surface area (Å²) in [4.78, 5) is 19.7. The summed E-state index contributed by atoms with van der Waals surface area (Å²) in [7, 11) is -1.13. The molecule has 1 aliphatic rings. The van der Waals surface area contributed by atoms with Crippen molar-refractivity contribution in [3.05, 3.63) is 23.9 Å². The number of pyridine rings is 1. The van der Waals surface area contributed by atoms with Gasteiger partial charge in [0.15, 0.2) is 0 Å². The highest BCUT2D eigenvalue weighted by Gasteiger charge is 2.24. The van der Waals surface area contributed by atoms with E-state index in [-0.39, 0.29) is 12.0 Å². The van der Waals surface area contributed by atoms with Gasteiger partial charge in [-0.3, -0.25) is 0 Å². The van der Waals surface area contributed by atoms with Gasteiger partial charge in [0.1, 0.15) is 18.2 Å². The number of aromatic nitrogens is 2. The fourth-order valence-electron chi connectivity index (χ4n) is 3.38. The van der Waals surface area contributed by atoms with Gasteiger partial charge in [0.05, 0.1) is 31.4 Å². The van der Waals surface area contributed by atoms with Crippen LogP contribution in [0.25, 0.3) is 11.0 Å². The van der Waals surface area contributed by atoms with E-state index < -0.39 is 8.07 Å². The van der Waals surface area contributed by atoms with Crippen LogP contribution in [-0.2, 0) is 20.9 Å². The molecule has 1 aliphatic heterocycles. The molecule has 8 heteroatoms. The third-order valence-electron chi connectivity index (χ3n) is 5.10. The number of morpholine rings is 1. The number of anilines is 1. The van der Waals surface area contributed by atoms with Crippen molar-refractivity contribution in [3.8, 4) is 0 Å². The van der Waals surface area contributed by atoms with Gasteiger partial charge in [-0.15, -0.1) is 0 Å². The molecule has 1 atom stereocenters. The molecule has 0 amide bonds. The van der Waals surface area contributed by atoms with E-state index in [0.717, 1.165) is 36.0 Å². The molecule has 29 heavy (non-hydrogen) atoms. The summed E-state index contributed by atoms with van der Waals surface area (Å²) in [6.45, 7) is 14.5. The van der Waals surface area contributed by atoms with E-state index >= 15 is 0 Å². The zero-order chi connectivity index (χ0) is 21.0. The van der Waals surface area contributed by atoms with Crippen LogP contribution in [0.4, 0.5) is 5.82 Å². The van der Waals surface area contributed by atoms with E-state index in [2.05, 4.69) is 31.5 Å². The van der Waals surface area contributed by atoms with Crippen LogP contribution in [-0.4, -0.2) is 62.6 Å². The molecule has 0 aliphatic carbocycles. The second-order valence-electron chi connectivity index (χ2n) is 8.74. The summed E-state index contributed by atoms with van der Waals surface area (Å²) in [6, 6.07) is 5.08. The molecule has 2 aromatic heterocycles. The predicted molar refractivity (Wildman–Crippen MR) is 117 cm³/mol. The molecule has 3 heterocycles. The molecule has 0 N–H and O–H groups in total. The van der Waals surface area contributed by atoms with E-state index in [1.807, 2.05) is 29.8 Å². The SMILES string of the molecule is CCOC(=O)c1cc(N2CCOC[C@H]2C)nc2c1ccn2COCC[Si](C)(C)C. The minimum Gasteiger partial charge on any atom is -0.462 e. The second-order valence-corrected chi connectivity index (χ2v) is 14.4. The maximum Gasteiger partial charge on any atom is 0.339 e. The molecule has 2 aromatic rings. The first-order chi connectivity index (χ1) is 13.8. The molecule has 0 spiro atoms. The minimum absolute atomic E-state index is 0.195. The van der Waals surface area contributed by atoms with Crippen LogP contribution in [0.15, 0.2) is 18.3 Å². The molecule has 1 saturated heterocycles. The minimum atomic E-state index is -1.13. The maximum absolute atomic E-state index is 12.6. The Morgan fingerprint density at radius 1 is 1.38 bits per heavy atom. The average molecular weight is 420 g/mol. The fourth-order valence-corrected chi connectivity index (χ4v) is 4.14. The molecule has 1 fully saturated rings. The van der Waals surface area contributed by atoms with Gasteiger partial charge in [0.2, 0.25) is 0 Å². The van der Waals surface area contributed by atoms with Crippen molar-refractivity contribution in [1.82, 2.24) is 9.55 Å². The number of rotatable bonds is 8. The van der Waals surface area contributed by atoms with E-state index in [9.17, 15) is 4.79 Å². The van der Waals surface area contributed by atoms with Crippen LogP contribution in [0.3, 0.4) is 0 Å². The van der Waals surface area contributed by atoms with Crippen molar-refractivity contribution in [3.63, 3.8) is 0 Å². The highest BCUT2D eigenvalue weighted by atomic mass is 28.3. The third-order valence-corrected chi connectivity index (χ3v) is 6.81. The Morgan fingerprint density at radius 3 is 2.86 bits per heavy atom. The first-order valence-electron chi connectivity index (χ1n) is 10.4. The topological polar surface area (TPSA) is 65.8 Å². The van der Waals surface area contributed by atoms with Crippen LogP contribution in [0.2, 0.25) is 25.7 Å². The lowest BCUT2D eigenvalue weighted by Crippen LogP contribution is -2.44. The Labute approximate surface area is 173 Å². The summed E-state index contributed by atoms with van der Waals surface area (Å²) in [5, 5.41) is 0.793. The fraction of sp³-hybridized carbons (Fsp3) is 0.619. The average Bonchev–Trinajstić information content (AvgIpc) is 3.07. The summed E-state index contributed by atoms with van der Waals surface area (Å²) >= 11 is 0. The largest absolute Gasteiger partial charge is 0.462 e. The van der Waals surface area contributed by atoms with Crippen LogP contribution in [0.1, 0.15) is 24.2 Å². The van der Waals surface area contributed by atoms with Gasteiger partial charge in [0.25, 0.3) is 0 Å². The summed E-state index contributed by atoms with van der Waals surface area (Å²) in [5.41, 5.74) is 1.30. The lowest BCUT2D eigenvalue weighted by molar-refractivity contribution is 0.0528. The highest BCUT2D eigenvalue weighted by molar-refractivity contribution is 6.76. The standard InChI is InChI=1S/C21H33N3O4Si/c1-6-28-21(25)18-13-19(24-9-10-26-14-16(24)2)22-20-17(18)7-8-23(20)15-27-11-12-29(3,4)5/h7-8,13,16H,6,9-12,14-15H2,1-5H3/t16-/m1/s1. The number of nitrogens with zero attached hydrogens (tertiary/aromatic N) is 3. The van der Waals surface area contributed by atoms with Crippen molar-refractivity contribution in [2.75, 3.05) is 37.9 Å². The van der Waals surface area contributed by atoms with Gasteiger partial charge < -0.3 is 23.7 Å². The Balaban J connectivity index is 1.92. The van der Waals surface area contributed by atoms with Gasteiger partial charge in [-0.1, -0.05) is 19.6 Å². The molecule has 0 radical (unpaired) electrons. The lowest BCUT2D eigenvalue weighted by atomic mass is 10.1. The third kappa shape index (κ3) is 5.37. The molecule has 160 valence electrons. The summed E-state index contributed by atoms with van der Waals surface area (Å²) < 4.78 is 18.8. The van der Waals surface area contributed by atoms with Crippen molar-refractivity contribution in [2.45, 2.75) is 52.3 Å². The zero-order valence-electron chi connectivity index (χ0n) is 18.2. The number of carbonyl (C=O) groups is 1. The van der Waals surface area contributed by atoms with Crippen LogP contribution in [0, 0.1) is 0 Å². The zero-order valence-corrected chi connectivity index (χ0v) is 19.2. The van der Waals surface area contributed by atoms with Crippen molar-refractivity contribution >= 4 is 30.9 Å². The maximum atomic E-state index is 12.6. The quantitative estimate of drug-likeness (QED) is 0.369. The van der Waals surface area contributed by atoms with E-state index in [4.69, 9.17) is 19.2 Å². The van der Waals surface area contributed by atoms with Gasteiger partial charge in [-0.2, -0.15) is 0 Å². The summed E-state index contributed by atoms with van der Waals surface area (Å²) in [6.07, 6.45) is 1.93. The number of carbonyl (C=O) groups excluding carboxylic acids is 1. The van der Waals surface area contributed by atoms with Gasteiger partial charge >= 0.3 is 5.97 Å². The van der Waals surface area contributed by atoms with Crippen molar-refractivity contribution < 1.29 is 19.0 Å². The van der Waals surface area contributed by atoms with Crippen LogP contribution >= 0.6 is 0 Å². The van der Waals surface area contributed by atoms with Crippen LogP contribution < -0.4 is 4.90 Å². The van der Waals surface area contributed by atoms with Gasteiger partial charge in [0, 0.05) is 32.8 Å². The molecule has 0 saturated carbocycles. The van der Waals surface area contributed by atoms with E-state index in [0.29, 0.717) is 32.1 Å². The molecule has 0 aromatic carbocycles. The molecule has 3 rings (SSSR count). The molecular formula is C21H33N3O4Si. The molecule has 0 bridgehead atoms. The summed E-state index contributed by atoms with van der Waals surface area (Å²) in [5.74, 6) is 0.456. The first-order valence-corrected chi connectivity index (χ1v) is 14.1. The number of hydrogen-bond donors (Lipinski definition) is 0.